The number of hydrogen-bond donors (Lipinski definition) is 1. The van der Waals surface area contributed by atoms with Gasteiger partial charge in [-0.25, -0.2) is 9.78 Å². The Morgan fingerprint density at radius 1 is 1.73 bits per heavy atom. The monoisotopic (exact) mass is 154 g/mol. The minimum absolute atomic E-state index is 0.176. The normalized spacial score (nSPS) is 22.9. The van der Waals surface area contributed by atoms with Crippen molar-refractivity contribution in [1.82, 2.24) is 10.3 Å². The zero-order chi connectivity index (χ0) is 7.68. The van der Waals surface area contributed by atoms with Crippen LogP contribution in [-0.2, 0) is 4.74 Å². The summed E-state index contributed by atoms with van der Waals surface area (Å²) in [5.41, 5.74) is 0. The van der Waals surface area contributed by atoms with Crippen molar-refractivity contribution in [3.63, 3.8) is 0 Å². The summed E-state index contributed by atoms with van der Waals surface area (Å²) in [7, 11) is 0. The fourth-order valence-corrected chi connectivity index (χ4v) is 0.936. The number of nitrogens with zero attached hydrogens (tertiary/aromatic N) is 1. The number of ether oxygens (including phenoxy) is 1. The number of alkyl carbamates (subject to hydrolysis) is 1. The second kappa shape index (κ2) is 2.26. The van der Waals surface area contributed by atoms with Crippen LogP contribution in [0, 0.1) is 0 Å². The van der Waals surface area contributed by atoms with Crippen LogP contribution in [0.2, 0.25) is 0 Å². The van der Waals surface area contributed by atoms with Crippen molar-refractivity contribution >= 4 is 6.09 Å². The van der Waals surface area contributed by atoms with Gasteiger partial charge in [0.15, 0.2) is 6.39 Å². The Hall–Kier alpha value is -1.52. The standard InChI is InChI=1S/C6H6N2O3/c9-6-8-4(2-10-6)5-1-7-3-11-5/h1,3-4H,2H2,(H,8,9). The van der Waals surface area contributed by atoms with E-state index in [1.165, 1.54) is 6.39 Å². The molecule has 1 N–H and O–H groups in total. The molecule has 58 valence electrons. The average molecular weight is 154 g/mol. The number of aromatic nitrogens is 1. The van der Waals surface area contributed by atoms with Crippen molar-refractivity contribution in [3.8, 4) is 0 Å². The molecule has 2 rings (SSSR count). The second-order valence-electron chi connectivity index (χ2n) is 2.20. The molecule has 1 fully saturated rings. The summed E-state index contributed by atoms with van der Waals surface area (Å²) in [6.45, 7) is 0.314. The molecule has 0 bridgehead atoms. The molecule has 11 heavy (non-hydrogen) atoms. The van der Waals surface area contributed by atoms with Crippen LogP contribution >= 0.6 is 0 Å². The summed E-state index contributed by atoms with van der Waals surface area (Å²) in [6, 6.07) is -0.176. The third kappa shape index (κ3) is 1.04. The Balaban J connectivity index is 2.13. The largest absolute Gasteiger partial charge is 0.447 e. The van der Waals surface area contributed by atoms with E-state index in [0.717, 1.165) is 0 Å². The van der Waals surface area contributed by atoms with Gasteiger partial charge in [0, 0.05) is 0 Å². The lowest BCUT2D eigenvalue weighted by atomic mass is 10.3. The molecule has 0 saturated carbocycles. The average Bonchev–Trinajstić information content (AvgIpc) is 2.55. The van der Waals surface area contributed by atoms with Crippen LogP contribution in [0.1, 0.15) is 11.8 Å². The Labute approximate surface area is 62.4 Å². The van der Waals surface area contributed by atoms with Crippen molar-refractivity contribution in [2.75, 3.05) is 6.61 Å². The van der Waals surface area contributed by atoms with Gasteiger partial charge in [-0.1, -0.05) is 0 Å². The molecular weight excluding hydrogens is 148 g/mol. The number of carbonyl (C=O) groups is 1. The molecule has 1 unspecified atom stereocenters. The van der Waals surface area contributed by atoms with Gasteiger partial charge >= 0.3 is 6.09 Å². The molecule has 2 heterocycles. The summed E-state index contributed by atoms with van der Waals surface area (Å²) >= 11 is 0. The van der Waals surface area contributed by atoms with Crippen LogP contribution < -0.4 is 5.32 Å². The van der Waals surface area contributed by atoms with Crippen LogP contribution in [0.3, 0.4) is 0 Å². The van der Waals surface area contributed by atoms with Gasteiger partial charge in [0.25, 0.3) is 0 Å². The molecule has 0 radical (unpaired) electrons. The summed E-state index contributed by atoms with van der Waals surface area (Å²) in [6.07, 6.45) is 2.46. The highest BCUT2D eigenvalue weighted by Gasteiger charge is 2.25. The van der Waals surface area contributed by atoms with Crippen LogP contribution in [0.25, 0.3) is 0 Å². The molecule has 1 aliphatic rings. The molecule has 0 aliphatic carbocycles. The number of amides is 1. The molecular formula is C6H6N2O3. The van der Waals surface area contributed by atoms with E-state index in [2.05, 4.69) is 15.0 Å². The first kappa shape index (κ1) is 6.21. The van der Waals surface area contributed by atoms with Crippen molar-refractivity contribution in [1.29, 1.82) is 0 Å². The zero-order valence-electron chi connectivity index (χ0n) is 5.61. The van der Waals surface area contributed by atoms with Crippen molar-refractivity contribution in [2.24, 2.45) is 0 Å². The lowest BCUT2D eigenvalue weighted by Gasteiger charge is -1.99. The topological polar surface area (TPSA) is 64.4 Å². The highest BCUT2D eigenvalue weighted by atomic mass is 16.6. The smallest absolute Gasteiger partial charge is 0.407 e. The third-order valence-electron chi connectivity index (χ3n) is 1.47. The second-order valence-corrected chi connectivity index (χ2v) is 2.20. The molecule has 0 aromatic carbocycles. The molecule has 1 atom stereocenters. The van der Waals surface area contributed by atoms with E-state index in [1.54, 1.807) is 6.20 Å². The Morgan fingerprint density at radius 2 is 2.64 bits per heavy atom. The van der Waals surface area contributed by atoms with Gasteiger partial charge in [0.1, 0.15) is 18.4 Å². The van der Waals surface area contributed by atoms with Crippen molar-refractivity contribution in [3.05, 3.63) is 18.4 Å². The number of oxazole rings is 1. The minimum Gasteiger partial charge on any atom is -0.447 e. The van der Waals surface area contributed by atoms with Gasteiger partial charge in [-0.15, -0.1) is 0 Å². The quantitative estimate of drug-likeness (QED) is 0.638. The SMILES string of the molecule is O=C1NC(c2cnco2)CO1. The van der Waals surface area contributed by atoms with E-state index >= 15 is 0 Å². The number of hydrogen-bond acceptors (Lipinski definition) is 4. The van der Waals surface area contributed by atoms with Gasteiger partial charge in [-0.05, 0) is 0 Å². The van der Waals surface area contributed by atoms with E-state index in [4.69, 9.17) is 4.42 Å². The van der Waals surface area contributed by atoms with E-state index in [1.807, 2.05) is 0 Å². The molecule has 5 heteroatoms. The predicted molar refractivity (Wildman–Crippen MR) is 33.7 cm³/mol. The summed E-state index contributed by atoms with van der Waals surface area (Å²) in [4.78, 5) is 14.3. The number of cyclic esters (lactones) is 1. The first-order valence-corrected chi connectivity index (χ1v) is 3.18. The van der Waals surface area contributed by atoms with Crippen LogP contribution in [-0.4, -0.2) is 17.7 Å². The third-order valence-corrected chi connectivity index (χ3v) is 1.47. The first-order chi connectivity index (χ1) is 5.36. The molecule has 5 nitrogen and oxygen atoms in total. The molecule has 0 spiro atoms. The maximum absolute atomic E-state index is 10.6. The van der Waals surface area contributed by atoms with Gasteiger partial charge in [0.2, 0.25) is 0 Å². The number of rotatable bonds is 1. The van der Waals surface area contributed by atoms with E-state index in [9.17, 15) is 4.79 Å². The minimum atomic E-state index is -0.411. The summed E-state index contributed by atoms with van der Waals surface area (Å²) in [5.74, 6) is 0.621. The lowest BCUT2D eigenvalue weighted by Crippen LogP contribution is -2.17. The first-order valence-electron chi connectivity index (χ1n) is 3.18. The Morgan fingerprint density at radius 3 is 3.18 bits per heavy atom. The van der Waals surface area contributed by atoms with Crippen LogP contribution in [0.4, 0.5) is 4.79 Å². The Kier molecular flexibility index (Phi) is 1.28. The van der Waals surface area contributed by atoms with Gasteiger partial charge < -0.3 is 14.5 Å². The highest BCUT2D eigenvalue weighted by Crippen LogP contribution is 2.16. The van der Waals surface area contributed by atoms with Crippen LogP contribution in [0.15, 0.2) is 17.0 Å². The van der Waals surface area contributed by atoms with E-state index in [-0.39, 0.29) is 6.04 Å². The van der Waals surface area contributed by atoms with Crippen molar-refractivity contribution in [2.45, 2.75) is 6.04 Å². The highest BCUT2D eigenvalue weighted by molar-refractivity contribution is 5.69. The van der Waals surface area contributed by atoms with E-state index < -0.39 is 6.09 Å². The molecule has 1 amide bonds. The Bertz CT molecular complexity index is 257. The maximum atomic E-state index is 10.6. The number of nitrogens with one attached hydrogen (secondary N) is 1. The molecule has 1 aliphatic heterocycles. The molecule has 1 saturated heterocycles. The molecule has 1 aromatic heterocycles. The van der Waals surface area contributed by atoms with Gasteiger partial charge in [-0.3, -0.25) is 0 Å². The lowest BCUT2D eigenvalue weighted by molar-refractivity contribution is 0.176. The predicted octanol–water partition coefficient (Wildman–Crippen LogP) is 0.456. The zero-order valence-corrected chi connectivity index (χ0v) is 5.61. The number of carbonyl (C=O) groups excluding carboxylic acids is 1. The fraction of sp³-hybridized carbons (Fsp3) is 0.333. The van der Waals surface area contributed by atoms with Crippen LogP contribution in [0.5, 0.6) is 0 Å². The van der Waals surface area contributed by atoms with E-state index in [0.29, 0.717) is 12.4 Å². The van der Waals surface area contributed by atoms with Gasteiger partial charge in [0.05, 0.1) is 6.20 Å². The van der Waals surface area contributed by atoms with Crippen molar-refractivity contribution < 1.29 is 13.9 Å². The van der Waals surface area contributed by atoms with Gasteiger partial charge in [-0.2, -0.15) is 0 Å². The fourth-order valence-electron chi connectivity index (χ4n) is 0.936. The maximum Gasteiger partial charge on any atom is 0.407 e. The summed E-state index contributed by atoms with van der Waals surface area (Å²) < 4.78 is 9.61. The summed E-state index contributed by atoms with van der Waals surface area (Å²) in [5, 5.41) is 2.56. The molecule has 1 aromatic rings.